The number of carbonyl (C=O) groups is 2. The van der Waals surface area contributed by atoms with Crippen molar-refractivity contribution in [1.29, 1.82) is 0 Å². The van der Waals surface area contributed by atoms with Crippen molar-refractivity contribution in [3.05, 3.63) is 72.4 Å². The molecule has 1 saturated carbocycles. The summed E-state index contributed by atoms with van der Waals surface area (Å²) in [6.45, 7) is 0. The zero-order valence-corrected chi connectivity index (χ0v) is 16.2. The van der Waals surface area contributed by atoms with Crippen LogP contribution in [0.1, 0.15) is 24.4 Å². The SMILES string of the molecule is O=C(CSc1ncc(-c2ccccc2)n1C1CC1)NC(=O)Cc1ccccc1. The number of nitrogens with zero attached hydrogens (tertiary/aromatic N) is 2. The summed E-state index contributed by atoms with van der Waals surface area (Å²) < 4.78 is 2.22. The molecular formula is C22H21N3O2S. The fourth-order valence-electron chi connectivity index (χ4n) is 3.11. The third-order valence-electron chi connectivity index (χ3n) is 4.56. The molecule has 2 aromatic carbocycles. The molecule has 0 unspecified atom stereocenters. The van der Waals surface area contributed by atoms with Crippen LogP contribution in [0.25, 0.3) is 11.3 Å². The molecule has 0 atom stereocenters. The second-order valence-electron chi connectivity index (χ2n) is 6.82. The predicted octanol–water partition coefficient (Wildman–Crippen LogP) is 3.86. The summed E-state index contributed by atoms with van der Waals surface area (Å²) in [7, 11) is 0. The standard InChI is InChI=1S/C22H21N3O2S/c26-20(13-16-7-3-1-4-8-16)24-21(27)15-28-22-23-14-19(25(22)18-11-12-18)17-9-5-2-6-10-17/h1-10,14,18H,11-13,15H2,(H,24,26,27). The molecule has 3 aromatic rings. The monoisotopic (exact) mass is 391 g/mol. The maximum absolute atomic E-state index is 12.2. The largest absolute Gasteiger partial charge is 0.316 e. The first-order valence-corrected chi connectivity index (χ1v) is 10.3. The summed E-state index contributed by atoms with van der Waals surface area (Å²) in [5.74, 6) is -0.414. The molecule has 142 valence electrons. The quantitative estimate of drug-likeness (QED) is 0.621. The number of nitrogens with one attached hydrogen (secondary N) is 1. The van der Waals surface area contributed by atoms with Gasteiger partial charge in [0.05, 0.1) is 24.1 Å². The molecule has 0 bridgehead atoms. The van der Waals surface area contributed by atoms with Crippen molar-refractivity contribution in [3.63, 3.8) is 0 Å². The predicted molar refractivity (Wildman–Crippen MR) is 110 cm³/mol. The molecule has 1 aliphatic carbocycles. The lowest BCUT2D eigenvalue weighted by atomic mass is 10.1. The normalized spacial score (nSPS) is 13.3. The van der Waals surface area contributed by atoms with E-state index in [1.165, 1.54) is 11.8 Å². The third-order valence-corrected chi connectivity index (χ3v) is 5.53. The minimum Gasteiger partial charge on any atom is -0.316 e. The Hall–Kier alpha value is -2.86. The van der Waals surface area contributed by atoms with E-state index in [2.05, 4.69) is 27.0 Å². The summed E-state index contributed by atoms with van der Waals surface area (Å²) in [5.41, 5.74) is 3.08. The number of thioether (sulfide) groups is 1. The number of carbonyl (C=O) groups excluding carboxylic acids is 2. The smallest absolute Gasteiger partial charge is 0.237 e. The van der Waals surface area contributed by atoms with Crippen molar-refractivity contribution in [2.24, 2.45) is 0 Å². The van der Waals surface area contributed by atoms with Crippen LogP contribution in [0, 0.1) is 0 Å². The van der Waals surface area contributed by atoms with Gasteiger partial charge in [0.25, 0.3) is 0 Å². The Bertz CT molecular complexity index is 966. The van der Waals surface area contributed by atoms with Gasteiger partial charge >= 0.3 is 0 Å². The van der Waals surface area contributed by atoms with E-state index in [1.807, 2.05) is 54.7 Å². The molecule has 6 heteroatoms. The number of hydrogen-bond acceptors (Lipinski definition) is 4. The Labute approximate surface area is 168 Å². The fraction of sp³-hybridized carbons (Fsp3) is 0.227. The van der Waals surface area contributed by atoms with E-state index in [0.717, 1.165) is 34.8 Å². The molecule has 28 heavy (non-hydrogen) atoms. The van der Waals surface area contributed by atoms with Gasteiger partial charge in [0.1, 0.15) is 0 Å². The fourth-order valence-corrected chi connectivity index (χ4v) is 3.95. The number of hydrogen-bond donors (Lipinski definition) is 1. The van der Waals surface area contributed by atoms with Gasteiger partial charge in [-0.05, 0) is 24.0 Å². The lowest BCUT2D eigenvalue weighted by molar-refractivity contribution is -0.128. The van der Waals surface area contributed by atoms with E-state index < -0.39 is 0 Å². The van der Waals surface area contributed by atoms with E-state index >= 15 is 0 Å². The van der Waals surface area contributed by atoms with E-state index in [1.54, 1.807) is 0 Å². The van der Waals surface area contributed by atoms with Crippen molar-refractivity contribution in [2.45, 2.75) is 30.5 Å². The van der Waals surface area contributed by atoms with Crippen LogP contribution in [0.3, 0.4) is 0 Å². The number of imide groups is 1. The van der Waals surface area contributed by atoms with E-state index in [-0.39, 0.29) is 24.0 Å². The first-order chi connectivity index (χ1) is 13.7. The van der Waals surface area contributed by atoms with Crippen LogP contribution in [-0.4, -0.2) is 27.1 Å². The van der Waals surface area contributed by atoms with Gasteiger partial charge in [-0.25, -0.2) is 4.98 Å². The molecule has 0 spiro atoms. The molecule has 0 saturated heterocycles. The number of imidazole rings is 1. The number of rotatable bonds is 7. The molecule has 1 aliphatic rings. The van der Waals surface area contributed by atoms with E-state index in [9.17, 15) is 9.59 Å². The zero-order valence-electron chi connectivity index (χ0n) is 15.4. The summed E-state index contributed by atoms with van der Waals surface area (Å²) in [4.78, 5) is 28.8. The Kier molecular flexibility index (Phi) is 5.58. The third kappa shape index (κ3) is 4.51. The van der Waals surface area contributed by atoms with Crippen molar-refractivity contribution < 1.29 is 9.59 Å². The number of aromatic nitrogens is 2. The van der Waals surface area contributed by atoms with Gasteiger partial charge in [0, 0.05) is 6.04 Å². The average Bonchev–Trinajstić information content (AvgIpc) is 3.46. The lowest BCUT2D eigenvalue weighted by Gasteiger charge is -2.10. The topological polar surface area (TPSA) is 64.0 Å². The van der Waals surface area contributed by atoms with Crippen molar-refractivity contribution >= 4 is 23.6 Å². The molecule has 1 N–H and O–H groups in total. The number of amides is 2. The number of benzene rings is 2. The van der Waals surface area contributed by atoms with Crippen LogP contribution in [0.4, 0.5) is 0 Å². The highest BCUT2D eigenvalue weighted by molar-refractivity contribution is 7.99. The molecule has 1 heterocycles. The Morgan fingerprint density at radius 1 is 1.00 bits per heavy atom. The van der Waals surface area contributed by atoms with Gasteiger partial charge in [-0.3, -0.25) is 14.9 Å². The van der Waals surface area contributed by atoms with Crippen LogP contribution in [0.5, 0.6) is 0 Å². The molecule has 0 radical (unpaired) electrons. The van der Waals surface area contributed by atoms with E-state index in [4.69, 9.17) is 0 Å². The summed E-state index contributed by atoms with van der Waals surface area (Å²) >= 11 is 1.37. The van der Waals surface area contributed by atoms with Gasteiger partial charge < -0.3 is 4.57 Å². The van der Waals surface area contributed by atoms with Crippen LogP contribution in [0.2, 0.25) is 0 Å². The molecular weight excluding hydrogens is 370 g/mol. The van der Waals surface area contributed by atoms with Gasteiger partial charge in [-0.1, -0.05) is 72.4 Å². The molecule has 0 aliphatic heterocycles. The second-order valence-corrected chi connectivity index (χ2v) is 7.76. The van der Waals surface area contributed by atoms with Crippen molar-refractivity contribution in [3.8, 4) is 11.3 Å². The maximum atomic E-state index is 12.2. The summed E-state index contributed by atoms with van der Waals surface area (Å²) in [6, 6.07) is 20.0. The molecule has 5 nitrogen and oxygen atoms in total. The van der Waals surface area contributed by atoms with Gasteiger partial charge in [0.2, 0.25) is 11.8 Å². The maximum Gasteiger partial charge on any atom is 0.237 e. The van der Waals surface area contributed by atoms with Crippen LogP contribution < -0.4 is 5.32 Å². The highest BCUT2D eigenvalue weighted by Gasteiger charge is 2.29. The first-order valence-electron chi connectivity index (χ1n) is 9.33. The lowest BCUT2D eigenvalue weighted by Crippen LogP contribution is -2.33. The van der Waals surface area contributed by atoms with Gasteiger partial charge in [0.15, 0.2) is 5.16 Å². The van der Waals surface area contributed by atoms with Crippen molar-refractivity contribution in [2.75, 3.05) is 5.75 Å². The second kappa shape index (κ2) is 8.44. The van der Waals surface area contributed by atoms with Crippen LogP contribution in [-0.2, 0) is 16.0 Å². The minimum absolute atomic E-state index is 0.165. The van der Waals surface area contributed by atoms with Gasteiger partial charge in [-0.15, -0.1) is 0 Å². The highest BCUT2D eigenvalue weighted by atomic mass is 32.2. The minimum atomic E-state index is -0.294. The van der Waals surface area contributed by atoms with Crippen LogP contribution >= 0.6 is 11.8 Å². The molecule has 1 aromatic heterocycles. The van der Waals surface area contributed by atoms with Crippen molar-refractivity contribution in [1.82, 2.24) is 14.9 Å². The Morgan fingerprint density at radius 2 is 1.68 bits per heavy atom. The zero-order chi connectivity index (χ0) is 19.3. The molecule has 4 rings (SSSR count). The Morgan fingerprint density at radius 3 is 2.36 bits per heavy atom. The summed E-state index contributed by atoms with van der Waals surface area (Å²) in [5, 5.41) is 3.29. The molecule has 2 amide bonds. The van der Waals surface area contributed by atoms with E-state index in [0.29, 0.717) is 6.04 Å². The van der Waals surface area contributed by atoms with Gasteiger partial charge in [-0.2, -0.15) is 0 Å². The highest BCUT2D eigenvalue weighted by Crippen LogP contribution is 2.41. The average molecular weight is 391 g/mol. The Balaban J connectivity index is 1.38. The summed E-state index contributed by atoms with van der Waals surface area (Å²) in [6.07, 6.45) is 4.33. The van der Waals surface area contributed by atoms with Crippen LogP contribution in [0.15, 0.2) is 72.0 Å². The molecule has 1 fully saturated rings. The first kappa shape index (κ1) is 18.5.